The van der Waals surface area contributed by atoms with Crippen LogP contribution in [0.15, 0.2) is 18.2 Å². The molecule has 106 valence electrons. The third kappa shape index (κ3) is 3.95. The first kappa shape index (κ1) is 14.4. The number of benzene rings is 1. The van der Waals surface area contributed by atoms with Gasteiger partial charge in [0.1, 0.15) is 0 Å². The number of nitrogens with one attached hydrogen (secondary N) is 1. The SMILES string of the molecule is Cc1ccc(C)c(N2CCCNC(CN(C)C)C2)c1. The number of aryl methyl sites for hydroxylation is 2. The van der Waals surface area contributed by atoms with Crippen LogP contribution in [0.1, 0.15) is 17.5 Å². The third-order valence-corrected chi connectivity index (χ3v) is 3.77. The molecule has 3 nitrogen and oxygen atoms in total. The van der Waals surface area contributed by atoms with Crippen molar-refractivity contribution in [3.05, 3.63) is 29.3 Å². The highest BCUT2D eigenvalue weighted by atomic mass is 15.2. The van der Waals surface area contributed by atoms with Crippen LogP contribution in [-0.4, -0.2) is 51.2 Å². The van der Waals surface area contributed by atoms with Crippen LogP contribution in [0, 0.1) is 13.8 Å². The molecule has 1 N–H and O–H groups in total. The van der Waals surface area contributed by atoms with Gasteiger partial charge in [-0.05, 0) is 58.1 Å². The lowest BCUT2D eigenvalue weighted by Crippen LogP contribution is -2.44. The first-order valence-corrected chi connectivity index (χ1v) is 7.26. The molecule has 0 spiro atoms. The van der Waals surface area contributed by atoms with Gasteiger partial charge in [-0.1, -0.05) is 12.1 Å². The van der Waals surface area contributed by atoms with E-state index in [4.69, 9.17) is 0 Å². The Morgan fingerprint density at radius 3 is 2.84 bits per heavy atom. The standard InChI is InChI=1S/C16H27N3/c1-13-6-7-14(2)16(10-13)19-9-5-8-17-15(12-19)11-18(3)4/h6-7,10,15,17H,5,8-9,11-12H2,1-4H3. The van der Waals surface area contributed by atoms with Crippen molar-refractivity contribution in [1.29, 1.82) is 0 Å². The van der Waals surface area contributed by atoms with E-state index in [1.54, 1.807) is 0 Å². The van der Waals surface area contributed by atoms with Crippen LogP contribution in [0.4, 0.5) is 5.69 Å². The largest absolute Gasteiger partial charge is 0.370 e. The van der Waals surface area contributed by atoms with Gasteiger partial charge in [0.15, 0.2) is 0 Å². The maximum absolute atomic E-state index is 3.66. The summed E-state index contributed by atoms with van der Waals surface area (Å²) >= 11 is 0. The van der Waals surface area contributed by atoms with Crippen molar-refractivity contribution in [2.75, 3.05) is 45.2 Å². The Bertz CT molecular complexity index is 414. The molecule has 2 rings (SSSR count). The molecule has 1 aliphatic rings. The molecule has 1 fully saturated rings. The minimum atomic E-state index is 0.553. The molecule has 1 heterocycles. The Labute approximate surface area is 117 Å². The first-order chi connectivity index (χ1) is 9.06. The maximum Gasteiger partial charge on any atom is 0.0399 e. The van der Waals surface area contributed by atoms with Gasteiger partial charge in [-0.15, -0.1) is 0 Å². The van der Waals surface area contributed by atoms with Gasteiger partial charge in [-0.25, -0.2) is 0 Å². The molecule has 19 heavy (non-hydrogen) atoms. The average Bonchev–Trinajstić information content (AvgIpc) is 2.57. The third-order valence-electron chi connectivity index (χ3n) is 3.77. The molecule has 1 saturated heterocycles. The van der Waals surface area contributed by atoms with E-state index in [1.807, 2.05) is 0 Å². The van der Waals surface area contributed by atoms with Crippen molar-refractivity contribution >= 4 is 5.69 Å². The highest BCUT2D eigenvalue weighted by molar-refractivity contribution is 5.55. The summed E-state index contributed by atoms with van der Waals surface area (Å²) in [6.45, 7) is 8.87. The van der Waals surface area contributed by atoms with E-state index >= 15 is 0 Å². The fourth-order valence-corrected chi connectivity index (χ4v) is 2.84. The van der Waals surface area contributed by atoms with Crippen molar-refractivity contribution < 1.29 is 0 Å². The van der Waals surface area contributed by atoms with Crippen LogP contribution in [0.25, 0.3) is 0 Å². The topological polar surface area (TPSA) is 18.5 Å². The summed E-state index contributed by atoms with van der Waals surface area (Å²) in [6.07, 6.45) is 1.22. The lowest BCUT2D eigenvalue weighted by Gasteiger charge is -2.29. The Morgan fingerprint density at radius 1 is 1.32 bits per heavy atom. The summed E-state index contributed by atoms with van der Waals surface area (Å²) in [6, 6.07) is 7.32. The molecule has 0 radical (unpaired) electrons. The lowest BCUT2D eigenvalue weighted by atomic mass is 10.1. The monoisotopic (exact) mass is 261 g/mol. The molecule has 1 aromatic carbocycles. The van der Waals surface area contributed by atoms with E-state index in [2.05, 4.69) is 61.3 Å². The number of hydrogen-bond donors (Lipinski definition) is 1. The molecule has 1 atom stereocenters. The molecule has 0 saturated carbocycles. The van der Waals surface area contributed by atoms with Gasteiger partial charge >= 0.3 is 0 Å². The van der Waals surface area contributed by atoms with Crippen molar-refractivity contribution in [2.24, 2.45) is 0 Å². The van der Waals surface area contributed by atoms with E-state index in [0.29, 0.717) is 6.04 Å². The smallest absolute Gasteiger partial charge is 0.0399 e. The molecule has 1 aromatic rings. The summed E-state index contributed by atoms with van der Waals surface area (Å²) in [5, 5.41) is 3.66. The Balaban J connectivity index is 2.15. The molecule has 3 heteroatoms. The summed E-state index contributed by atoms with van der Waals surface area (Å²) < 4.78 is 0. The average molecular weight is 261 g/mol. The number of nitrogens with zero attached hydrogens (tertiary/aromatic N) is 2. The van der Waals surface area contributed by atoms with E-state index in [0.717, 1.165) is 26.2 Å². The summed E-state index contributed by atoms with van der Waals surface area (Å²) in [7, 11) is 4.30. The van der Waals surface area contributed by atoms with E-state index in [1.165, 1.54) is 23.2 Å². The van der Waals surface area contributed by atoms with Crippen LogP contribution in [0.3, 0.4) is 0 Å². The second-order valence-electron chi connectivity index (χ2n) is 6.00. The number of likely N-dealkylation sites (N-methyl/N-ethyl adjacent to an activating group) is 1. The van der Waals surface area contributed by atoms with Gasteiger partial charge in [-0.2, -0.15) is 0 Å². The van der Waals surface area contributed by atoms with Crippen LogP contribution in [-0.2, 0) is 0 Å². The minimum Gasteiger partial charge on any atom is -0.370 e. The molecular formula is C16H27N3. The Morgan fingerprint density at radius 2 is 2.11 bits per heavy atom. The highest BCUT2D eigenvalue weighted by Crippen LogP contribution is 2.22. The van der Waals surface area contributed by atoms with Crippen LogP contribution in [0.5, 0.6) is 0 Å². The van der Waals surface area contributed by atoms with Crippen molar-refractivity contribution in [3.8, 4) is 0 Å². The fraction of sp³-hybridized carbons (Fsp3) is 0.625. The van der Waals surface area contributed by atoms with Gasteiger partial charge in [0.2, 0.25) is 0 Å². The van der Waals surface area contributed by atoms with Crippen molar-refractivity contribution in [3.63, 3.8) is 0 Å². The van der Waals surface area contributed by atoms with Crippen LogP contribution < -0.4 is 10.2 Å². The predicted octanol–water partition coefficient (Wildman–Crippen LogP) is 2.03. The fourth-order valence-electron chi connectivity index (χ4n) is 2.84. The predicted molar refractivity (Wildman–Crippen MR) is 83.1 cm³/mol. The molecule has 1 aliphatic heterocycles. The van der Waals surface area contributed by atoms with Crippen LogP contribution in [0.2, 0.25) is 0 Å². The quantitative estimate of drug-likeness (QED) is 0.898. The lowest BCUT2D eigenvalue weighted by molar-refractivity contribution is 0.346. The van der Waals surface area contributed by atoms with E-state index < -0.39 is 0 Å². The molecule has 0 aliphatic carbocycles. The normalized spacial score (nSPS) is 20.7. The molecule has 0 bridgehead atoms. The minimum absolute atomic E-state index is 0.553. The Kier molecular flexibility index (Phi) is 4.83. The first-order valence-electron chi connectivity index (χ1n) is 7.26. The second-order valence-corrected chi connectivity index (χ2v) is 6.00. The summed E-state index contributed by atoms with van der Waals surface area (Å²) in [5.41, 5.74) is 4.14. The van der Waals surface area contributed by atoms with Crippen LogP contribution >= 0.6 is 0 Å². The zero-order valence-electron chi connectivity index (χ0n) is 12.7. The molecule has 0 aromatic heterocycles. The number of anilines is 1. The zero-order chi connectivity index (χ0) is 13.8. The molecular weight excluding hydrogens is 234 g/mol. The summed E-state index contributed by atoms with van der Waals surface area (Å²) in [4.78, 5) is 4.82. The van der Waals surface area contributed by atoms with E-state index in [-0.39, 0.29) is 0 Å². The second kappa shape index (κ2) is 6.40. The van der Waals surface area contributed by atoms with Gasteiger partial charge in [0.05, 0.1) is 0 Å². The number of hydrogen-bond acceptors (Lipinski definition) is 3. The maximum atomic E-state index is 3.66. The van der Waals surface area contributed by atoms with Gasteiger partial charge in [-0.3, -0.25) is 0 Å². The van der Waals surface area contributed by atoms with Gasteiger partial charge in [0, 0.05) is 31.4 Å². The van der Waals surface area contributed by atoms with Crippen molar-refractivity contribution in [2.45, 2.75) is 26.3 Å². The molecule has 0 amide bonds. The Hall–Kier alpha value is -1.06. The van der Waals surface area contributed by atoms with Gasteiger partial charge < -0.3 is 15.1 Å². The van der Waals surface area contributed by atoms with E-state index in [9.17, 15) is 0 Å². The highest BCUT2D eigenvalue weighted by Gasteiger charge is 2.19. The summed E-state index contributed by atoms with van der Waals surface area (Å²) in [5.74, 6) is 0. The number of rotatable bonds is 3. The van der Waals surface area contributed by atoms with Gasteiger partial charge in [0.25, 0.3) is 0 Å². The molecule has 1 unspecified atom stereocenters. The van der Waals surface area contributed by atoms with Crippen molar-refractivity contribution in [1.82, 2.24) is 10.2 Å². The zero-order valence-corrected chi connectivity index (χ0v) is 12.7.